The predicted molar refractivity (Wildman–Crippen MR) is 88.9 cm³/mol. The van der Waals surface area contributed by atoms with Gasteiger partial charge in [0.15, 0.2) is 5.69 Å². The topological polar surface area (TPSA) is 88.3 Å². The average molecular weight is 340 g/mol. The zero-order valence-corrected chi connectivity index (χ0v) is 13.8. The van der Waals surface area contributed by atoms with Crippen molar-refractivity contribution in [3.05, 3.63) is 47.8 Å². The van der Waals surface area contributed by atoms with Crippen LogP contribution in [0.5, 0.6) is 0 Å². The standard InChI is InChI=1S/C18H20N4O3/c23-16(21-10-14-7-4-8-18(14,12-21)17(24)25)15-11-22(20-19-15)9-13-5-2-1-3-6-13/h1-3,5-6,11,14H,4,7-10,12H2,(H,24,25)/t14-,18+/m0/s1. The van der Waals surface area contributed by atoms with Gasteiger partial charge in [0.2, 0.25) is 0 Å². The zero-order chi connectivity index (χ0) is 17.4. The Hall–Kier alpha value is -2.70. The van der Waals surface area contributed by atoms with E-state index in [2.05, 4.69) is 10.3 Å². The molecule has 0 spiro atoms. The van der Waals surface area contributed by atoms with Crippen molar-refractivity contribution in [2.75, 3.05) is 13.1 Å². The van der Waals surface area contributed by atoms with E-state index >= 15 is 0 Å². The number of carbonyl (C=O) groups excluding carboxylic acids is 1. The van der Waals surface area contributed by atoms with Crippen molar-refractivity contribution in [2.45, 2.75) is 25.8 Å². The zero-order valence-electron chi connectivity index (χ0n) is 13.8. The van der Waals surface area contributed by atoms with E-state index < -0.39 is 11.4 Å². The minimum atomic E-state index is -0.780. The summed E-state index contributed by atoms with van der Waals surface area (Å²) in [4.78, 5) is 26.1. The number of rotatable bonds is 4. The normalized spacial score (nSPS) is 25.1. The highest BCUT2D eigenvalue weighted by Crippen LogP contribution is 2.49. The van der Waals surface area contributed by atoms with Gasteiger partial charge in [-0.3, -0.25) is 9.59 Å². The number of fused-ring (bicyclic) bond motifs is 1. The van der Waals surface area contributed by atoms with Crippen LogP contribution in [0.25, 0.3) is 0 Å². The minimum Gasteiger partial charge on any atom is -0.481 e. The summed E-state index contributed by atoms with van der Waals surface area (Å²) in [6.45, 7) is 1.32. The van der Waals surface area contributed by atoms with Crippen molar-refractivity contribution in [2.24, 2.45) is 11.3 Å². The van der Waals surface area contributed by atoms with Crippen LogP contribution in [0.1, 0.15) is 35.3 Å². The van der Waals surface area contributed by atoms with Gasteiger partial charge in [0.25, 0.3) is 5.91 Å². The molecule has 7 nitrogen and oxygen atoms in total. The van der Waals surface area contributed by atoms with Crippen LogP contribution in [-0.4, -0.2) is 50.0 Å². The number of hydrogen-bond acceptors (Lipinski definition) is 4. The lowest BCUT2D eigenvalue weighted by molar-refractivity contribution is -0.149. The number of carboxylic acid groups (broad SMARTS) is 1. The third-order valence-electron chi connectivity index (χ3n) is 5.53. The lowest BCUT2D eigenvalue weighted by Crippen LogP contribution is -2.37. The summed E-state index contributed by atoms with van der Waals surface area (Å²) in [5.41, 5.74) is 0.582. The molecule has 2 aliphatic rings. The first-order chi connectivity index (χ1) is 12.1. The highest BCUT2D eigenvalue weighted by molar-refractivity contribution is 5.93. The molecule has 1 aromatic heterocycles. The molecule has 1 saturated heterocycles. The summed E-state index contributed by atoms with van der Waals surface area (Å²) in [6, 6.07) is 9.82. The molecular weight excluding hydrogens is 320 g/mol. The lowest BCUT2D eigenvalue weighted by Gasteiger charge is -2.22. The van der Waals surface area contributed by atoms with Crippen LogP contribution in [0.3, 0.4) is 0 Å². The van der Waals surface area contributed by atoms with E-state index in [0.29, 0.717) is 19.5 Å². The second-order valence-electron chi connectivity index (χ2n) is 7.02. The Morgan fingerprint density at radius 2 is 2.08 bits per heavy atom. The van der Waals surface area contributed by atoms with Crippen molar-refractivity contribution in [1.29, 1.82) is 0 Å². The molecule has 0 unspecified atom stereocenters. The van der Waals surface area contributed by atoms with Crippen molar-refractivity contribution >= 4 is 11.9 Å². The van der Waals surface area contributed by atoms with Crippen LogP contribution in [0, 0.1) is 11.3 Å². The largest absolute Gasteiger partial charge is 0.481 e. The van der Waals surface area contributed by atoms with Crippen LogP contribution in [0.15, 0.2) is 36.5 Å². The number of carbonyl (C=O) groups is 2. The molecule has 1 amide bonds. The Bertz CT molecular complexity index is 804. The summed E-state index contributed by atoms with van der Waals surface area (Å²) < 4.78 is 1.63. The third-order valence-corrected chi connectivity index (χ3v) is 5.53. The number of aliphatic carboxylic acids is 1. The minimum absolute atomic E-state index is 0.0494. The van der Waals surface area contributed by atoms with Gasteiger partial charge in [-0.2, -0.15) is 0 Å². The second kappa shape index (κ2) is 5.98. The van der Waals surface area contributed by atoms with Crippen LogP contribution < -0.4 is 0 Å². The Kier molecular flexibility index (Phi) is 3.78. The van der Waals surface area contributed by atoms with Crippen molar-refractivity contribution in [3.8, 4) is 0 Å². The highest BCUT2D eigenvalue weighted by Gasteiger charge is 2.56. The van der Waals surface area contributed by atoms with Crippen LogP contribution >= 0.6 is 0 Å². The smallest absolute Gasteiger partial charge is 0.311 e. The van der Waals surface area contributed by atoms with Gasteiger partial charge in [0.05, 0.1) is 18.2 Å². The van der Waals surface area contributed by atoms with Gasteiger partial charge in [-0.1, -0.05) is 42.0 Å². The number of hydrogen-bond donors (Lipinski definition) is 1. The van der Waals surface area contributed by atoms with Gasteiger partial charge in [0.1, 0.15) is 0 Å². The molecule has 0 bridgehead atoms. The quantitative estimate of drug-likeness (QED) is 0.914. The molecule has 1 aliphatic heterocycles. The molecule has 7 heteroatoms. The summed E-state index contributed by atoms with van der Waals surface area (Å²) in [5, 5.41) is 17.7. The third kappa shape index (κ3) is 2.69. The highest BCUT2D eigenvalue weighted by atomic mass is 16.4. The summed E-state index contributed by atoms with van der Waals surface area (Å²) in [6.07, 6.45) is 4.08. The number of carboxylic acids is 1. The number of amides is 1. The number of benzene rings is 1. The van der Waals surface area contributed by atoms with Crippen molar-refractivity contribution in [3.63, 3.8) is 0 Å². The van der Waals surface area contributed by atoms with E-state index in [1.165, 1.54) is 0 Å². The molecule has 1 N–H and O–H groups in total. The Balaban J connectivity index is 1.48. The van der Waals surface area contributed by atoms with E-state index in [1.54, 1.807) is 15.8 Å². The summed E-state index contributed by atoms with van der Waals surface area (Å²) >= 11 is 0. The Morgan fingerprint density at radius 3 is 2.80 bits per heavy atom. The van der Waals surface area contributed by atoms with Crippen molar-refractivity contribution in [1.82, 2.24) is 19.9 Å². The van der Waals surface area contributed by atoms with E-state index in [4.69, 9.17) is 0 Å². The molecule has 4 rings (SSSR count). The molecule has 1 aliphatic carbocycles. The fraction of sp³-hybridized carbons (Fsp3) is 0.444. The molecule has 2 fully saturated rings. The van der Waals surface area contributed by atoms with Crippen LogP contribution in [0.4, 0.5) is 0 Å². The van der Waals surface area contributed by atoms with Gasteiger partial charge in [-0.15, -0.1) is 5.10 Å². The number of likely N-dealkylation sites (tertiary alicyclic amines) is 1. The maximum Gasteiger partial charge on any atom is 0.311 e. The molecule has 1 aromatic carbocycles. The number of nitrogens with zero attached hydrogens (tertiary/aromatic N) is 4. The second-order valence-corrected chi connectivity index (χ2v) is 7.02. The van der Waals surface area contributed by atoms with Crippen molar-refractivity contribution < 1.29 is 14.7 Å². The van der Waals surface area contributed by atoms with Gasteiger partial charge >= 0.3 is 5.97 Å². The van der Waals surface area contributed by atoms with Crippen LogP contribution in [-0.2, 0) is 11.3 Å². The monoisotopic (exact) mass is 340 g/mol. The van der Waals surface area contributed by atoms with E-state index in [0.717, 1.165) is 18.4 Å². The van der Waals surface area contributed by atoms with E-state index in [1.807, 2.05) is 30.3 Å². The maximum absolute atomic E-state index is 12.7. The SMILES string of the molecule is O=C(c1cn(Cc2ccccc2)nn1)N1C[C@@H]2CCC[C@@]2(C(=O)O)C1. The fourth-order valence-electron chi connectivity index (χ4n) is 4.20. The molecule has 130 valence electrons. The molecule has 2 atom stereocenters. The average Bonchev–Trinajstić information content (AvgIpc) is 3.29. The first-order valence-corrected chi connectivity index (χ1v) is 8.55. The molecule has 1 saturated carbocycles. The van der Waals surface area contributed by atoms with E-state index in [9.17, 15) is 14.7 Å². The lowest BCUT2D eigenvalue weighted by atomic mass is 9.81. The molecule has 2 heterocycles. The maximum atomic E-state index is 12.7. The molecular formula is C18H20N4O3. The van der Waals surface area contributed by atoms with Crippen LogP contribution in [0.2, 0.25) is 0 Å². The predicted octanol–water partition coefficient (Wildman–Crippen LogP) is 1.65. The molecule has 25 heavy (non-hydrogen) atoms. The first kappa shape index (κ1) is 15.8. The number of aromatic nitrogens is 3. The Morgan fingerprint density at radius 1 is 1.28 bits per heavy atom. The first-order valence-electron chi connectivity index (χ1n) is 8.55. The summed E-state index contributed by atoms with van der Waals surface area (Å²) in [5.74, 6) is -0.958. The fourth-order valence-corrected chi connectivity index (χ4v) is 4.20. The van der Waals surface area contributed by atoms with Gasteiger partial charge < -0.3 is 10.0 Å². The van der Waals surface area contributed by atoms with Gasteiger partial charge in [0, 0.05) is 13.1 Å². The molecule has 2 aromatic rings. The van der Waals surface area contributed by atoms with Gasteiger partial charge in [-0.05, 0) is 24.3 Å². The van der Waals surface area contributed by atoms with E-state index in [-0.39, 0.29) is 24.1 Å². The molecule has 0 radical (unpaired) electrons. The summed E-state index contributed by atoms with van der Waals surface area (Å²) in [7, 11) is 0. The van der Waals surface area contributed by atoms with Gasteiger partial charge in [-0.25, -0.2) is 4.68 Å². The Labute approximate surface area is 145 Å².